The number of benzene rings is 1. The van der Waals surface area contributed by atoms with Crippen molar-refractivity contribution in [3.05, 3.63) is 53.3 Å². The second kappa shape index (κ2) is 8.93. The van der Waals surface area contributed by atoms with Crippen LogP contribution in [-0.4, -0.2) is 48.1 Å². The van der Waals surface area contributed by atoms with Crippen LogP contribution in [0.25, 0.3) is 0 Å². The first-order valence-electron chi connectivity index (χ1n) is 9.05. The molecule has 0 saturated carbocycles. The minimum absolute atomic E-state index is 0.00212. The Morgan fingerprint density at radius 2 is 1.96 bits per heavy atom. The number of piperidine rings is 1. The molecule has 2 atom stereocenters. The number of carbonyl (C=O) groups is 2. The summed E-state index contributed by atoms with van der Waals surface area (Å²) in [6.07, 6.45) is 2.25. The molecule has 0 radical (unpaired) electrons. The molecule has 8 heteroatoms. The maximum absolute atomic E-state index is 12.5. The van der Waals surface area contributed by atoms with Crippen LogP contribution in [0.15, 0.2) is 42.6 Å². The summed E-state index contributed by atoms with van der Waals surface area (Å²) in [7, 11) is 1.63. The quantitative estimate of drug-likeness (QED) is 0.769. The predicted octanol–water partition coefficient (Wildman–Crippen LogP) is 3.27. The van der Waals surface area contributed by atoms with Gasteiger partial charge in [-0.2, -0.15) is 0 Å². The van der Waals surface area contributed by atoms with Crippen molar-refractivity contribution in [3.8, 4) is 5.75 Å². The molecule has 2 N–H and O–H groups in total. The lowest BCUT2D eigenvalue weighted by molar-refractivity contribution is -0.130. The fourth-order valence-electron chi connectivity index (χ4n) is 3.42. The molecule has 148 valence electrons. The summed E-state index contributed by atoms with van der Waals surface area (Å²) in [6.45, 7) is 2.66. The van der Waals surface area contributed by atoms with Crippen molar-refractivity contribution in [2.45, 2.75) is 25.3 Å². The predicted molar refractivity (Wildman–Crippen MR) is 108 cm³/mol. The molecular formula is C20H23ClN4O3. The van der Waals surface area contributed by atoms with Crippen molar-refractivity contribution in [1.82, 2.24) is 15.2 Å². The molecule has 3 rings (SSSR count). The molecule has 0 unspecified atom stereocenters. The van der Waals surface area contributed by atoms with Crippen LogP contribution in [0.4, 0.5) is 10.5 Å². The van der Waals surface area contributed by atoms with Crippen LogP contribution in [0.2, 0.25) is 5.15 Å². The van der Waals surface area contributed by atoms with Gasteiger partial charge in [-0.05, 0) is 36.2 Å². The molecular weight excluding hydrogens is 380 g/mol. The Balaban J connectivity index is 1.73. The molecule has 1 aliphatic rings. The van der Waals surface area contributed by atoms with E-state index in [9.17, 15) is 9.59 Å². The van der Waals surface area contributed by atoms with Crippen LogP contribution in [0.3, 0.4) is 0 Å². The van der Waals surface area contributed by atoms with Gasteiger partial charge in [-0.1, -0.05) is 23.7 Å². The maximum atomic E-state index is 12.5. The second-order valence-corrected chi connectivity index (χ2v) is 7.10. The summed E-state index contributed by atoms with van der Waals surface area (Å²) in [6, 6.07) is 10.5. The number of anilines is 1. The van der Waals surface area contributed by atoms with Gasteiger partial charge in [0.05, 0.1) is 25.0 Å². The molecule has 7 nitrogen and oxygen atoms in total. The topological polar surface area (TPSA) is 83.6 Å². The highest BCUT2D eigenvalue weighted by molar-refractivity contribution is 6.29. The van der Waals surface area contributed by atoms with Gasteiger partial charge in [-0.3, -0.25) is 4.79 Å². The highest BCUT2D eigenvalue weighted by Crippen LogP contribution is 2.30. The Bertz CT molecular complexity index is 826. The van der Waals surface area contributed by atoms with Gasteiger partial charge in [0.1, 0.15) is 10.9 Å². The van der Waals surface area contributed by atoms with Crippen LogP contribution >= 0.6 is 11.6 Å². The Labute approximate surface area is 169 Å². The van der Waals surface area contributed by atoms with E-state index in [-0.39, 0.29) is 23.9 Å². The number of nitrogens with zero attached hydrogens (tertiary/aromatic N) is 2. The number of amides is 3. The summed E-state index contributed by atoms with van der Waals surface area (Å²) in [5.41, 5.74) is 1.64. The van der Waals surface area contributed by atoms with Crippen LogP contribution in [0, 0.1) is 0 Å². The molecule has 1 aliphatic heterocycles. The molecule has 2 aromatic rings. The largest absolute Gasteiger partial charge is 0.497 e. The van der Waals surface area contributed by atoms with Crippen LogP contribution in [0.1, 0.15) is 24.8 Å². The van der Waals surface area contributed by atoms with Gasteiger partial charge in [-0.25, -0.2) is 9.78 Å². The van der Waals surface area contributed by atoms with Gasteiger partial charge in [0, 0.05) is 25.9 Å². The number of carbonyl (C=O) groups excluding carboxylic acids is 2. The highest BCUT2D eigenvalue weighted by atomic mass is 35.5. The first kappa shape index (κ1) is 19.9. The highest BCUT2D eigenvalue weighted by Gasteiger charge is 2.32. The van der Waals surface area contributed by atoms with Crippen molar-refractivity contribution < 1.29 is 14.3 Å². The van der Waals surface area contributed by atoms with E-state index >= 15 is 0 Å². The number of likely N-dealkylation sites (tertiary alicyclic amines) is 1. The van der Waals surface area contributed by atoms with E-state index in [2.05, 4.69) is 15.6 Å². The molecule has 1 fully saturated rings. The second-order valence-electron chi connectivity index (χ2n) is 6.71. The lowest BCUT2D eigenvalue weighted by atomic mass is 9.85. The van der Waals surface area contributed by atoms with Crippen LogP contribution in [-0.2, 0) is 4.79 Å². The fourth-order valence-corrected chi connectivity index (χ4v) is 3.53. The zero-order chi connectivity index (χ0) is 20.1. The average molecular weight is 403 g/mol. The normalized spacial score (nSPS) is 19.0. The number of rotatable bonds is 4. The van der Waals surface area contributed by atoms with Gasteiger partial charge in [-0.15, -0.1) is 0 Å². The third-order valence-electron chi connectivity index (χ3n) is 4.90. The lowest BCUT2D eigenvalue weighted by Gasteiger charge is -2.38. The number of nitrogens with one attached hydrogen (secondary N) is 2. The van der Waals surface area contributed by atoms with E-state index in [1.807, 2.05) is 24.3 Å². The molecule has 28 heavy (non-hydrogen) atoms. The van der Waals surface area contributed by atoms with Gasteiger partial charge in [0.15, 0.2) is 0 Å². The van der Waals surface area contributed by atoms with Gasteiger partial charge in [0.25, 0.3) is 0 Å². The number of halogens is 1. The Morgan fingerprint density at radius 3 is 2.57 bits per heavy atom. The SMILES string of the molecule is COc1ccc([C@H]2CCN(C(C)=O)C[C@@H]2NC(=O)Nc2ccc(Cl)nc2)cc1. The van der Waals surface area contributed by atoms with E-state index in [1.165, 1.54) is 6.20 Å². The molecule has 0 spiro atoms. The zero-order valence-corrected chi connectivity index (χ0v) is 16.6. The summed E-state index contributed by atoms with van der Waals surface area (Å²) in [5.74, 6) is 0.875. The number of urea groups is 1. The number of pyridine rings is 1. The number of ether oxygens (including phenoxy) is 1. The molecule has 1 aromatic carbocycles. The Kier molecular flexibility index (Phi) is 6.36. The van der Waals surface area contributed by atoms with Gasteiger partial charge < -0.3 is 20.3 Å². The third-order valence-corrected chi connectivity index (χ3v) is 5.13. The van der Waals surface area contributed by atoms with Gasteiger partial charge in [0.2, 0.25) is 5.91 Å². The molecule has 1 saturated heterocycles. The zero-order valence-electron chi connectivity index (χ0n) is 15.8. The van der Waals surface area contributed by atoms with Crippen LogP contribution in [0.5, 0.6) is 5.75 Å². The lowest BCUT2D eigenvalue weighted by Crippen LogP contribution is -2.53. The summed E-state index contributed by atoms with van der Waals surface area (Å²) < 4.78 is 5.22. The first-order chi connectivity index (χ1) is 13.5. The molecule has 2 heterocycles. The maximum Gasteiger partial charge on any atom is 0.319 e. The third kappa shape index (κ3) is 4.92. The van der Waals surface area contributed by atoms with Crippen molar-refractivity contribution >= 4 is 29.2 Å². The monoisotopic (exact) mass is 402 g/mol. The first-order valence-corrected chi connectivity index (χ1v) is 9.42. The van der Waals surface area contributed by atoms with Crippen molar-refractivity contribution in [2.75, 3.05) is 25.5 Å². The van der Waals surface area contributed by atoms with E-state index in [1.54, 1.807) is 31.1 Å². The van der Waals surface area contributed by atoms with Crippen molar-refractivity contribution in [3.63, 3.8) is 0 Å². The Morgan fingerprint density at radius 1 is 1.21 bits per heavy atom. The number of methoxy groups -OCH3 is 1. The molecule has 1 aromatic heterocycles. The number of hydrogen-bond donors (Lipinski definition) is 2. The van der Waals surface area contributed by atoms with Crippen LogP contribution < -0.4 is 15.4 Å². The molecule has 0 bridgehead atoms. The number of hydrogen-bond acceptors (Lipinski definition) is 4. The average Bonchev–Trinajstić information content (AvgIpc) is 2.69. The van der Waals surface area contributed by atoms with Crippen molar-refractivity contribution in [1.29, 1.82) is 0 Å². The van der Waals surface area contributed by atoms with E-state index in [0.717, 1.165) is 17.7 Å². The summed E-state index contributed by atoms with van der Waals surface area (Å²) in [4.78, 5) is 30.1. The standard InChI is InChI=1S/C20H23ClN4O3/c1-13(26)25-10-9-17(14-3-6-16(28-2)7-4-14)18(12-25)24-20(27)23-15-5-8-19(21)22-11-15/h3-8,11,17-18H,9-10,12H2,1-2H3,(H2,23,24,27)/t17-,18+/m1/s1. The molecule has 3 amide bonds. The molecule has 0 aliphatic carbocycles. The summed E-state index contributed by atoms with van der Waals surface area (Å²) in [5, 5.41) is 6.12. The van der Waals surface area contributed by atoms with E-state index < -0.39 is 0 Å². The minimum atomic E-state index is -0.349. The van der Waals surface area contributed by atoms with E-state index in [4.69, 9.17) is 16.3 Å². The Hall–Kier alpha value is -2.80. The van der Waals surface area contributed by atoms with Gasteiger partial charge >= 0.3 is 6.03 Å². The van der Waals surface area contributed by atoms with E-state index in [0.29, 0.717) is 23.9 Å². The van der Waals surface area contributed by atoms with Crippen molar-refractivity contribution in [2.24, 2.45) is 0 Å². The minimum Gasteiger partial charge on any atom is -0.497 e. The smallest absolute Gasteiger partial charge is 0.319 e. The summed E-state index contributed by atoms with van der Waals surface area (Å²) >= 11 is 5.77. The number of aromatic nitrogens is 1. The fraction of sp³-hybridized carbons (Fsp3) is 0.350.